The Balaban J connectivity index is 1.53. The van der Waals surface area contributed by atoms with Crippen LogP contribution in [0.25, 0.3) is 10.8 Å². The van der Waals surface area contributed by atoms with Crippen molar-refractivity contribution in [3.63, 3.8) is 0 Å². The number of hydrogen-bond acceptors (Lipinski definition) is 7. The van der Waals surface area contributed by atoms with E-state index >= 15 is 0 Å². The molecule has 0 aliphatic carbocycles. The van der Waals surface area contributed by atoms with Crippen molar-refractivity contribution >= 4 is 40.2 Å². The zero-order valence-electron chi connectivity index (χ0n) is 16.0. The summed E-state index contributed by atoms with van der Waals surface area (Å²) in [6.07, 6.45) is 3.31. The lowest BCUT2D eigenvalue weighted by molar-refractivity contribution is 0.102. The second-order valence-corrected chi connectivity index (χ2v) is 7.94. The van der Waals surface area contributed by atoms with Gasteiger partial charge in [0.05, 0.1) is 11.4 Å². The topological polar surface area (TPSA) is 74.2 Å². The predicted octanol–water partition coefficient (Wildman–Crippen LogP) is 3.65. The van der Waals surface area contributed by atoms with Gasteiger partial charge in [0.2, 0.25) is 0 Å². The number of carbonyl (C=O) groups excluding carboxylic acids is 1. The summed E-state index contributed by atoms with van der Waals surface area (Å²) in [5, 5.41) is 5.88. The Morgan fingerprint density at radius 3 is 2.69 bits per heavy atom. The summed E-state index contributed by atoms with van der Waals surface area (Å²) in [5.74, 6) is 0.230. The maximum atomic E-state index is 12.8. The molecule has 1 N–H and O–H groups in total. The molecule has 3 heterocycles. The minimum Gasteiger partial charge on any atom is -0.367 e. The Morgan fingerprint density at radius 2 is 1.97 bits per heavy atom. The second kappa shape index (κ2) is 8.86. The molecule has 1 aliphatic rings. The van der Waals surface area contributed by atoms with Gasteiger partial charge in [0, 0.05) is 49.0 Å². The van der Waals surface area contributed by atoms with Crippen molar-refractivity contribution < 1.29 is 4.79 Å². The lowest BCUT2D eigenvalue weighted by atomic mass is 10.2. The van der Waals surface area contributed by atoms with E-state index in [1.165, 1.54) is 11.3 Å². The first-order valence-electron chi connectivity index (χ1n) is 9.45. The minimum absolute atomic E-state index is 0.279. The Kier molecular flexibility index (Phi) is 6.03. The number of likely N-dealkylation sites (N-methyl/N-ethyl adjacent to an activating group) is 1. The highest BCUT2D eigenvalue weighted by atomic mass is 35.5. The number of halogens is 1. The number of anilines is 2. The molecule has 0 radical (unpaired) electrons. The van der Waals surface area contributed by atoms with Crippen LogP contribution in [0.15, 0.2) is 42.0 Å². The molecule has 1 amide bonds. The van der Waals surface area contributed by atoms with Gasteiger partial charge in [0.15, 0.2) is 10.8 Å². The van der Waals surface area contributed by atoms with E-state index < -0.39 is 0 Å². The van der Waals surface area contributed by atoms with Crippen LogP contribution in [0.5, 0.6) is 0 Å². The summed E-state index contributed by atoms with van der Waals surface area (Å²) in [6, 6.07) is 7.34. The van der Waals surface area contributed by atoms with Gasteiger partial charge in [-0.25, -0.2) is 15.0 Å². The molecule has 7 nitrogen and oxygen atoms in total. The number of amides is 1. The fraction of sp³-hybridized carbons (Fsp3) is 0.300. The zero-order chi connectivity index (χ0) is 20.2. The van der Waals surface area contributed by atoms with Crippen molar-refractivity contribution in [1.29, 1.82) is 0 Å². The molecule has 1 aliphatic heterocycles. The summed E-state index contributed by atoms with van der Waals surface area (Å²) in [4.78, 5) is 30.3. The number of nitrogens with zero attached hydrogens (tertiary/aromatic N) is 5. The molecule has 29 heavy (non-hydrogen) atoms. The Bertz CT molecular complexity index is 988. The van der Waals surface area contributed by atoms with E-state index in [4.69, 9.17) is 11.6 Å². The van der Waals surface area contributed by atoms with E-state index in [0.717, 1.165) is 38.4 Å². The third-order valence-corrected chi connectivity index (χ3v) is 5.93. The van der Waals surface area contributed by atoms with E-state index in [2.05, 4.69) is 37.0 Å². The average Bonchev–Trinajstić information content (AvgIpc) is 3.25. The molecule has 4 rings (SSSR count). The van der Waals surface area contributed by atoms with Crippen molar-refractivity contribution in [3.8, 4) is 10.8 Å². The molecule has 1 saturated heterocycles. The molecule has 150 valence electrons. The molecule has 1 aromatic carbocycles. The van der Waals surface area contributed by atoms with E-state index in [9.17, 15) is 4.79 Å². The fourth-order valence-corrected chi connectivity index (χ4v) is 4.18. The quantitative estimate of drug-likeness (QED) is 0.668. The van der Waals surface area contributed by atoms with Crippen LogP contribution >= 0.6 is 22.9 Å². The van der Waals surface area contributed by atoms with Crippen LogP contribution < -0.4 is 10.2 Å². The number of nitrogens with one attached hydrogen (secondary N) is 1. The number of benzene rings is 1. The van der Waals surface area contributed by atoms with Gasteiger partial charge in [-0.15, -0.1) is 11.3 Å². The van der Waals surface area contributed by atoms with Crippen molar-refractivity contribution in [1.82, 2.24) is 19.9 Å². The van der Waals surface area contributed by atoms with E-state index in [1.807, 2.05) is 12.1 Å². The molecule has 0 unspecified atom stereocenters. The summed E-state index contributed by atoms with van der Waals surface area (Å²) in [5.41, 5.74) is 2.00. The first-order valence-corrected chi connectivity index (χ1v) is 10.7. The normalized spacial score (nSPS) is 14.8. The van der Waals surface area contributed by atoms with Crippen molar-refractivity contribution in [2.24, 2.45) is 0 Å². The molecule has 0 atom stereocenters. The molecule has 0 spiro atoms. The summed E-state index contributed by atoms with van der Waals surface area (Å²) in [7, 11) is 0. The smallest absolute Gasteiger partial charge is 0.275 e. The summed E-state index contributed by atoms with van der Waals surface area (Å²) < 4.78 is 0. The van der Waals surface area contributed by atoms with Gasteiger partial charge in [0.1, 0.15) is 5.69 Å². The highest BCUT2D eigenvalue weighted by molar-refractivity contribution is 7.13. The van der Waals surface area contributed by atoms with Gasteiger partial charge in [-0.3, -0.25) is 4.79 Å². The summed E-state index contributed by atoms with van der Waals surface area (Å²) >= 11 is 7.55. The molecular formula is C20H21ClN6OS. The lowest BCUT2D eigenvalue weighted by Gasteiger charge is -2.36. The minimum atomic E-state index is -0.279. The third-order valence-electron chi connectivity index (χ3n) is 4.86. The number of hydrogen-bond donors (Lipinski definition) is 1. The number of rotatable bonds is 5. The van der Waals surface area contributed by atoms with Crippen LogP contribution in [0.2, 0.25) is 5.02 Å². The van der Waals surface area contributed by atoms with Crippen LogP contribution in [-0.4, -0.2) is 58.5 Å². The van der Waals surface area contributed by atoms with E-state index in [1.54, 1.807) is 29.9 Å². The van der Waals surface area contributed by atoms with Crippen molar-refractivity contribution in [2.45, 2.75) is 6.92 Å². The van der Waals surface area contributed by atoms with Gasteiger partial charge in [-0.1, -0.05) is 18.5 Å². The van der Waals surface area contributed by atoms with Crippen LogP contribution in [0.1, 0.15) is 17.4 Å². The number of aromatic nitrogens is 3. The molecule has 1 fully saturated rings. The van der Waals surface area contributed by atoms with Crippen LogP contribution in [0, 0.1) is 0 Å². The van der Waals surface area contributed by atoms with Crippen molar-refractivity contribution in [3.05, 3.63) is 52.8 Å². The average molecular weight is 429 g/mol. The number of thiazole rings is 1. The molecule has 0 bridgehead atoms. The van der Waals surface area contributed by atoms with Crippen molar-refractivity contribution in [2.75, 3.05) is 42.9 Å². The molecule has 0 saturated carbocycles. The second-order valence-electron chi connectivity index (χ2n) is 6.65. The molecular weight excluding hydrogens is 408 g/mol. The van der Waals surface area contributed by atoms with Crippen LogP contribution in [0.4, 0.5) is 11.4 Å². The SMILES string of the molecule is CCN1CCN(c2ccc(Cl)cc2NC(=O)c2csc(-c3ncccn3)n2)CC1. The lowest BCUT2D eigenvalue weighted by Crippen LogP contribution is -2.46. The number of carbonyl (C=O) groups is 1. The van der Waals surface area contributed by atoms with E-state index in [0.29, 0.717) is 27.2 Å². The predicted molar refractivity (Wildman–Crippen MR) is 117 cm³/mol. The highest BCUT2D eigenvalue weighted by Gasteiger charge is 2.20. The maximum absolute atomic E-state index is 12.8. The van der Waals surface area contributed by atoms with Gasteiger partial charge in [0.25, 0.3) is 5.91 Å². The van der Waals surface area contributed by atoms with E-state index in [-0.39, 0.29) is 5.91 Å². The number of piperazine rings is 1. The standard InChI is InChI=1S/C20H21ClN6OS/c1-2-26-8-10-27(11-9-26)17-5-4-14(21)12-15(17)24-19(28)16-13-29-20(25-16)18-22-6-3-7-23-18/h3-7,12-13H,2,8-11H2,1H3,(H,24,28). The van der Waals surface area contributed by atoms with Gasteiger partial charge in [-0.2, -0.15) is 0 Å². The fourth-order valence-electron chi connectivity index (χ4n) is 3.27. The van der Waals surface area contributed by atoms with Crippen LogP contribution in [-0.2, 0) is 0 Å². The third kappa shape index (κ3) is 4.55. The first-order chi connectivity index (χ1) is 14.1. The molecule has 3 aromatic rings. The zero-order valence-corrected chi connectivity index (χ0v) is 17.6. The van der Waals surface area contributed by atoms with Gasteiger partial charge < -0.3 is 15.1 Å². The summed E-state index contributed by atoms with van der Waals surface area (Å²) in [6.45, 7) is 7.04. The first kappa shape index (κ1) is 19.8. The van der Waals surface area contributed by atoms with Crippen LogP contribution in [0.3, 0.4) is 0 Å². The molecule has 9 heteroatoms. The largest absolute Gasteiger partial charge is 0.367 e. The Labute approximate surface area is 178 Å². The van der Waals surface area contributed by atoms with Gasteiger partial charge in [-0.05, 0) is 30.8 Å². The van der Waals surface area contributed by atoms with Gasteiger partial charge >= 0.3 is 0 Å². The molecule has 2 aromatic heterocycles. The maximum Gasteiger partial charge on any atom is 0.275 e. The Morgan fingerprint density at radius 1 is 1.21 bits per heavy atom. The monoisotopic (exact) mass is 428 g/mol. The Hall–Kier alpha value is -2.55. The highest BCUT2D eigenvalue weighted by Crippen LogP contribution is 2.31.